The lowest BCUT2D eigenvalue weighted by atomic mass is 9.85. The molecule has 0 saturated carbocycles. The zero-order chi connectivity index (χ0) is 17.2. The zero-order valence-corrected chi connectivity index (χ0v) is 14.9. The smallest absolute Gasteiger partial charge is 0.332 e. The van der Waals surface area contributed by atoms with E-state index in [1.165, 1.54) is 18.9 Å². The number of amides is 1. The molecule has 1 fully saturated rings. The summed E-state index contributed by atoms with van der Waals surface area (Å²) in [5.74, 6) is -0.744. The molecule has 5 nitrogen and oxygen atoms in total. The lowest BCUT2D eigenvalue weighted by Crippen LogP contribution is -2.62. The van der Waals surface area contributed by atoms with Gasteiger partial charge in [0.2, 0.25) is 5.91 Å². The van der Waals surface area contributed by atoms with Gasteiger partial charge in [-0.15, -0.1) is 0 Å². The predicted molar refractivity (Wildman–Crippen MR) is 91.1 cm³/mol. The van der Waals surface area contributed by atoms with Crippen LogP contribution in [0, 0.1) is 0 Å². The minimum Gasteiger partial charge on any atom is -0.467 e. The van der Waals surface area contributed by atoms with E-state index < -0.39 is 11.5 Å². The van der Waals surface area contributed by atoms with Crippen molar-refractivity contribution in [3.63, 3.8) is 0 Å². The van der Waals surface area contributed by atoms with Gasteiger partial charge in [-0.3, -0.25) is 9.69 Å². The van der Waals surface area contributed by atoms with E-state index in [0.717, 1.165) is 0 Å². The summed E-state index contributed by atoms with van der Waals surface area (Å²) in [6.45, 7) is 2.74. The summed E-state index contributed by atoms with van der Waals surface area (Å²) in [6, 6.07) is 5.00. The minimum atomic E-state index is -1.10. The van der Waals surface area contributed by atoms with Crippen molar-refractivity contribution in [2.24, 2.45) is 0 Å². The number of likely N-dealkylation sites (tertiary alicyclic amines) is 1. The van der Waals surface area contributed by atoms with Crippen LogP contribution in [0.4, 0.5) is 5.69 Å². The van der Waals surface area contributed by atoms with Crippen LogP contribution in [0.5, 0.6) is 0 Å². The molecule has 0 atom stereocenters. The Kier molecular flexibility index (Phi) is 5.55. The van der Waals surface area contributed by atoms with Gasteiger partial charge in [0.25, 0.3) is 0 Å². The van der Waals surface area contributed by atoms with Crippen molar-refractivity contribution >= 4 is 40.8 Å². The lowest BCUT2D eigenvalue weighted by molar-refractivity contribution is -0.150. The number of methoxy groups -OCH3 is 1. The first kappa shape index (κ1) is 18.0. The van der Waals surface area contributed by atoms with E-state index in [1.807, 2.05) is 7.05 Å². The number of carbonyl (C=O) groups is 2. The number of hydrogen-bond acceptors (Lipinski definition) is 4. The Balaban J connectivity index is 2.61. The topological polar surface area (TPSA) is 49.9 Å². The molecule has 1 aliphatic rings. The van der Waals surface area contributed by atoms with E-state index in [2.05, 4.69) is 4.90 Å². The van der Waals surface area contributed by atoms with Gasteiger partial charge in [-0.25, -0.2) is 4.79 Å². The summed E-state index contributed by atoms with van der Waals surface area (Å²) in [5.41, 5.74) is -0.736. The fourth-order valence-corrected chi connectivity index (χ4v) is 3.64. The van der Waals surface area contributed by atoms with Crippen LogP contribution in [0.1, 0.15) is 19.8 Å². The van der Waals surface area contributed by atoms with Crippen LogP contribution >= 0.6 is 23.2 Å². The van der Waals surface area contributed by atoms with Crippen LogP contribution in [-0.4, -0.2) is 49.6 Å². The molecule has 1 heterocycles. The highest BCUT2D eigenvalue weighted by Crippen LogP contribution is 2.41. The highest BCUT2D eigenvalue weighted by atomic mass is 35.5. The van der Waals surface area contributed by atoms with Crippen LogP contribution in [-0.2, 0) is 14.3 Å². The second-order valence-electron chi connectivity index (χ2n) is 5.75. The maximum atomic E-state index is 12.6. The molecule has 7 heteroatoms. The number of para-hydroxylation sites is 1. The van der Waals surface area contributed by atoms with E-state index in [4.69, 9.17) is 27.9 Å². The quantitative estimate of drug-likeness (QED) is 0.779. The Bertz CT molecular complexity index is 593. The average molecular weight is 359 g/mol. The molecule has 1 aromatic rings. The number of carbonyl (C=O) groups excluding carboxylic acids is 2. The van der Waals surface area contributed by atoms with E-state index >= 15 is 0 Å². The molecule has 1 amide bonds. The van der Waals surface area contributed by atoms with E-state index in [0.29, 0.717) is 41.7 Å². The van der Waals surface area contributed by atoms with Crippen LogP contribution < -0.4 is 4.90 Å². The van der Waals surface area contributed by atoms with Crippen LogP contribution in [0.25, 0.3) is 0 Å². The lowest BCUT2D eigenvalue weighted by Gasteiger charge is -2.45. The summed E-state index contributed by atoms with van der Waals surface area (Å²) in [7, 11) is 3.30. The maximum Gasteiger partial charge on any atom is 0.332 e. The molecular weight excluding hydrogens is 339 g/mol. The third kappa shape index (κ3) is 3.32. The van der Waals surface area contributed by atoms with Crippen molar-refractivity contribution in [1.29, 1.82) is 0 Å². The van der Waals surface area contributed by atoms with Crippen molar-refractivity contribution in [3.05, 3.63) is 28.2 Å². The largest absolute Gasteiger partial charge is 0.467 e. The Hall–Kier alpha value is -1.30. The first-order valence-corrected chi connectivity index (χ1v) is 8.11. The van der Waals surface area contributed by atoms with Crippen LogP contribution in [0.2, 0.25) is 10.0 Å². The minimum absolute atomic E-state index is 0.296. The number of ether oxygens (including phenoxy) is 1. The van der Waals surface area contributed by atoms with Gasteiger partial charge in [0.15, 0.2) is 0 Å². The highest BCUT2D eigenvalue weighted by molar-refractivity contribution is 6.40. The Morgan fingerprint density at radius 3 is 2.17 bits per heavy atom. The molecule has 126 valence electrons. The normalized spacial score (nSPS) is 17.6. The molecule has 2 rings (SSSR count). The zero-order valence-electron chi connectivity index (χ0n) is 13.4. The standard InChI is InChI=1S/C16H20Cl2N2O3/c1-11(21)20(14-12(17)5-4-6-13(14)18)16(15(22)23-3)7-9-19(2)10-8-16/h4-6H,7-10H2,1-3H3. The maximum absolute atomic E-state index is 12.6. The number of esters is 1. The van der Waals surface area contributed by atoms with Gasteiger partial charge in [0, 0.05) is 20.0 Å². The summed E-state index contributed by atoms with van der Waals surface area (Å²) in [4.78, 5) is 28.6. The van der Waals surface area contributed by atoms with Gasteiger partial charge >= 0.3 is 5.97 Å². The fourth-order valence-electron chi connectivity index (χ4n) is 3.07. The van der Waals surface area contributed by atoms with E-state index in [9.17, 15) is 9.59 Å². The molecule has 1 aromatic carbocycles. The first-order chi connectivity index (χ1) is 10.8. The van der Waals surface area contributed by atoms with Crippen molar-refractivity contribution < 1.29 is 14.3 Å². The number of benzene rings is 1. The SMILES string of the molecule is COC(=O)C1(N(C(C)=O)c2c(Cl)cccc2Cl)CCN(C)CC1. The molecule has 1 saturated heterocycles. The molecule has 0 bridgehead atoms. The molecule has 0 unspecified atom stereocenters. The fraction of sp³-hybridized carbons (Fsp3) is 0.500. The predicted octanol–water partition coefficient (Wildman–Crippen LogP) is 2.98. The Labute approximate surface area is 146 Å². The Morgan fingerprint density at radius 1 is 1.22 bits per heavy atom. The van der Waals surface area contributed by atoms with Gasteiger partial charge in [-0.2, -0.15) is 0 Å². The first-order valence-electron chi connectivity index (χ1n) is 7.35. The van der Waals surface area contributed by atoms with E-state index in [1.54, 1.807) is 18.2 Å². The van der Waals surface area contributed by atoms with Crippen LogP contribution in [0.3, 0.4) is 0 Å². The third-order valence-corrected chi connectivity index (χ3v) is 4.89. The molecular formula is C16H20Cl2N2O3. The average Bonchev–Trinajstić information content (AvgIpc) is 2.51. The van der Waals surface area contributed by atoms with Crippen molar-refractivity contribution in [1.82, 2.24) is 4.90 Å². The molecule has 0 N–H and O–H groups in total. The molecule has 0 aliphatic carbocycles. The van der Waals surface area contributed by atoms with Crippen LogP contribution in [0.15, 0.2) is 18.2 Å². The molecule has 23 heavy (non-hydrogen) atoms. The van der Waals surface area contributed by atoms with Gasteiger partial charge in [-0.1, -0.05) is 29.3 Å². The van der Waals surface area contributed by atoms with Gasteiger partial charge in [0.05, 0.1) is 22.8 Å². The number of rotatable bonds is 3. The molecule has 1 aliphatic heterocycles. The summed E-state index contributed by atoms with van der Waals surface area (Å²) < 4.78 is 5.02. The number of anilines is 1. The summed E-state index contributed by atoms with van der Waals surface area (Å²) in [5, 5.41) is 0.657. The second-order valence-corrected chi connectivity index (χ2v) is 6.57. The van der Waals surface area contributed by atoms with Gasteiger partial charge in [-0.05, 0) is 32.0 Å². The molecule has 0 radical (unpaired) electrons. The second kappa shape index (κ2) is 7.07. The van der Waals surface area contributed by atoms with Crippen molar-refractivity contribution in [3.8, 4) is 0 Å². The van der Waals surface area contributed by atoms with Crippen molar-refractivity contribution in [2.45, 2.75) is 25.3 Å². The third-order valence-electron chi connectivity index (χ3n) is 4.28. The summed E-state index contributed by atoms with van der Waals surface area (Å²) >= 11 is 12.6. The van der Waals surface area contributed by atoms with E-state index in [-0.39, 0.29) is 5.91 Å². The number of halogens is 2. The van der Waals surface area contributed by atoms with Crippen molar-refractivity contribution in [2.75, 3.05) is 32.1 Å². The number of piperidine rings is 1. The van der Waals surface area contributed by atoms with Gasteiger partial charge in [0.1, 0.15) is 5.54 Å². The molecule has 0 aromatic heterocycles. The van der Waals surface area contributed by atoms with Gasteiger partial charge < -0.3 is 9.64 Å². The molecule has 0 spiro atoms. The highest BCUT2D eigenvalue weighted by Gasteiger charge is 2.50. The monoisotopic (exact) mass is 358 g/mol. The number of hydrogen-bond donors (Lipinski definition) is 0. The Morgan fingerprint density at radius 2 is 1.74 bits per heavy atom. The number of nitrogens with zero attached hydrogens (tertiary/aromatic N) is 2. The summed E-state index contributed by atoms with van der Waals surface area (Å²) in [6.07, 6.45) is 0.911.